The van der Waals surface area contributed by atoms with Crippen LogP contribution < -0.4 is 5.32 Å². The van der Waals surface area contributed by atoms with E-state index >= 15 is 0 Å². The van der Waals surface area contributed by atoms with Crippen LogP contribution in [0.15, 0.2) is 0 Å². The van der Waals surface area contributed by atoms with Crippen molar-refractivity contribution in [3.8, 4) is 0 Å². The van der Waals surface area contributed by atoms with Gasteiger partial charge in [-0.15, -0.1) is 0 Å². The molecule has 17 heavy (non-hydrogen) atoms. The summed E-state index contributed by atoms with van der Waals surface area (Å²) < 4.78 is 0. The van der Waals surface area contributed by atoms with Gasteiger partial charge in [0.05, 0.1) is 11.4 Å². The minimum Gasteiger partial charge on any atom is -0.311 e. The van der Waals surface area contributed by atoms with Crippen molar-refractivity contribution in [1.82, 2.24) is 15.3 Å². The Kier molecular flexibility index (Phi) is 2.87. The molecule has 0 aromatic carbocycles. The predicted octanol–water partition coefficient (Wildman–Crippen LogP) is 2.51. The lowest BCUT2D eigenvalue weighted by Gasteiger charge is -2.28. The second-order valence-corrected chi connectivity index (χ2v) is 5.60. The Balaban J connectivity index is 2.04. The summed E-state index contributed by atoms with van der Waals surface area (Å²) in [6.07, 6.45) is 5.00. The van der Waals surface area contributed by atoms with Gasteiger partial charge in [-0.2, -0.15) is 0 Å². The number of nitrogens with one attached hydrogen (secondary N) is 1. The Morgan fingerprint density at radius 1 is 1.24 bits per heavy atom. The Labute approximate surface area is 103 Å². The molecule has 2 heterocycles. The zero-order valence-electron chi connectivity index (χ0n) is 10.8. The first-order valence-corrected chi connectivity index (χ1v) is 6.86. The monoisotopic (exact) mass is 231 g/mol. The third kappa shape index (κ3) is 1.97. The molecule has 0 bridgehead atoms. The molecular weight excluding hydrogens is 210 g/mol. The fourth-order valence-electron chi connectivity index (χ4n) is 2.73. The van der Waals surface area contributed by atoms with Crippen LogP contribution >= 0.6 is 0 Å². The summed E-state index contributed by atoms with van der Waals surface area (Å²) in [5, 5.41) is 3.42. The average molecular weight is 231 g/mol. The van der Waals surface area contributed by atoms with E-state index in [0.29, 0.717) is 11.8 Å². The summed E-state index contributed by atoms with van der Waals surface area (Å²) >= 11 is 0. The molecule has 1 N–H and O–H groups in total. The summed E-state index contributed by atoms with van der Waals surface area (Å²) in [7, 11) is 0. The van der Waals surface area contributed by atoms with Crippen molar-refractivity contribution in [3.63, 3.8) is 0 Å². The maximum atomic E-state index is 4.87. The van der Waals surface area contributed by atoms with Gasteiger partial charge in [0, 0.05) is 12.5 Å². The van der Waals surface area contributed by atoms with Gasteiger partial charge in [0.25, 0.3) is 0 Å². The van der Waals surface area contributed by atoms with Crippen LogP contribution in [0.3, 0.4) is 0 Å². The topological polar surface area (TPSA) is 37.8 Å². The Hall–Kier alpha value is -0.960. The number of rotatable bonds is 2. The van der Waals surface area contributed by atoms with Crippen molar-refractivity contribution in [2.45, 2.75) is 57.9 Å². The molecule has 0 atom stereocenters. The SMILES string of the molecule is CC(C)c1nc(C2CCC2)nc2c1CCNC2. The molecule has 92 valence electrons. The first-order valence-electron chi connectivity index (χ1n) is 6.86. The summed E-state index contributed by atoms with van der Waals surface area (Å²) in [5.41, 5.74) is 3.98. The summed E-state index contributed by atoms with van der Waals surface area (Å²) in [6, 6.07) is 0. The van der Waals surface area contributed by atoms with Gasteiger partial charge in [0.2, 0.25) is 0 Å². The molecule has 0 amide bonds. The van der Waals surface area contributed by atoms with Gasteiger partial charge in [-0.1, -0.05) is 20.3 Å². The number of nitrogens with zero attached hydrogens (tertiary/aromatic N) is 2. The van der Waals surface area contributed by atoms with E-state index in [9.17, 15) is 0 Å². The predicted molar refractivity (Wildman–Crippen MR) is 68.1 cm³/mol. The zero-order valence-corrected chi connectivity index (χ0v) is 10.8. The quantitative estimate of drug-likeness (QED) is 0.850. The second kappa shape index (κ2) is 4.37. The smallest absolute Gasteiger partial charge is 0.132 e. The number of hydrogen-bond acceptors (Lipinski definition) is 3. The van der Waals surface area contributed by atoms with E-state index in [1.807, 2.05) is 0 Å². The van der Waals surface area contributed by atoms with Crippen LogP contribution in [0.1, 0.15) is 67.7 Å². The van der Waals surface area contributed by atoms with Crippen LogP contribution in [0.4, 0.5) is 0 Å². The maximum absolute atomic E-state index is 4.87. The highest BCUT2D eigenvalue weighted by Gasteiger charge is 2.26. The van der Waals surface area contributed by atoms with E-state index in [4.69, 9.17) is 9.97 Å². The molecule has 0 radical (unpaired) electrons. The third-order valence-electron chi connectivity index (χ3n) is 4.00. The van der Waals surface area contributed by atoms with Gasteiger partial charge in [-0.25, -0.2) is 9.97 Å². The maximum Gasteiger partial charge on any atom is 0.132 e. The lowest BCUT2D eigenvalue weighted by atomic mass is 9.84. The van der Waals surface area contributed by atoms with Crippen LogP contribution in [0.5, 0.6) is 0 Å². The van der Waals surface area contributed by atoms with Crippen molar-refractivity contribution < 1.29 is 0 Å². The molecule has 1 aromatic rings. The van der Waals surface area contributed by atoms with Gasteiger partial charge in [0.15, 0.2) is 0 Å². The fourth-order valence-corrected chi connectivity index (χ4v) is 2.73. The summed E-state index contributed by atoms with van der Waals surface area (Å²) in [6.45, 7) is 6.49. The molecule has 1 saturated carbocycles. The third-order valence-corrected chi connectivity index (χ3v) is 4.00. The van der Waals surface area contributed by atoms with Crippen molar-refractivity contribution in [3.05, 3.63) is 22.8 Å². The van der Waals surface area contributed by atoms with Crippen molar-refractivity contribution >= 4 is 0 Å². The van der Waals surface area contributed by atoms with E-state index in [0.717, 1.165) is 25.3 Å². The fraction of sp³-hybridized carbons (Fsp3) is 0.714. The molecule has 3 nitrogen and oxygen atoms in total. The van der Waals surface area contributed by atoms with Crippen LogP contribution in [0.2, 0.25) is 0 Å². The highest BCUT2D eigenvalue weighted by atomic mass is 15.0. The van der Waals surface area contributed by atoms with Gasteiger partial charge in [-0.3, -0.25) is 0 Å². The van der Waals surface area contributed by atoms with Crippen molar-refractivity contribution in [2.24, 2.45) is 0 Å². The van der Waals surface area contributed by atoms with E-state index in [-0.39, 0.29) is 0 Å². The Bertz CT molecular complexity index is 422. The first-order chi connectivity index (χ1) is 8.25. The Morgan fingerprint density at radius 3 is 2.71 bits per heavy atom. The highest BCUT2D eigenvalue weighted by Crippen LogP contribution is 2.36. The molecule has 1 aliphatic carbocycles. The zero-order chi connectivity index (χ0) is 11.8. The largest absolute Gasteiger partial charge is 0.311 e. The summed E-state index contributed by atoms with van der Waals surface area (Å²) in [5.74, 6) is 2.27. The molecule has 0 saturated heterocycles. The van der Waals surface area contributed by atoms with Crippen LogP contribution in [-0.2, 0) is 13.0 Å². The van der Waals surface area contributed by atoms with Crippen LogP contribution in [0, 0.1) is 0 Å². The number of aromatic nitrogens is 2. The minimum absolute atomic E-state index is 0.517. The van der Waals surface area contributed by atoms with Gasteiger partial charge in [-0.05, 0) is 37.3 Å². The van der Waals surface area contributed by atoms with Crippen LogP contribution in [-0.4, -0.2) is 16.5 Å². The molecule has 3 heteroatoms. The van der Waals surface area contributed by atoms with E-state index in [1.54, 1.807) is 0 Å². The highest BCUT2D eigenvalue weighted by molar-refractivity contribution is 5.31. The second-order valence-electron chi connectivity index (χ2n) is 5.60. The molecule has 1 aliphatic heterocycles. The molecule has 0 spiro atoms. The molecule has 3 rings (SSSR count). The van der Waals surface area contributed by atoms with E-state index in [1.165, 1.54) is 36.2 Å². The Morgan fingerprint density at radius 2 is 2.06 bits per heavy atom. The molecule has 2 aliphatic rings. The van der Waals surface area contributed by atoms with Gasteiger partial charge in [0.1, 0.15) is 5.82 Å². The lowest BCUT2D eigenvalue weighted by molar-refractivity contribution is 0.396. The normalized spacial score (nSPS) is 20.2. The van der Waals surface area contributed by atoms with Crippen molar-refractivity contribution in [2.75, 3.05) is 6.54 Å². The molecule has 1 aromatic heterocycles. The van der Waals surface area contributed by atoms with E-state index < -0.39 is 0 Å². The van der Waals surface area contributed by atoms with Crippen molar-refractivity contribution in [1.29, 1.82) is 0 Å². The molecule has 1 fully saturated rings. The molecular formula is C14H21N3. The average Bonchev–Trinajstić information content (AvgIpc) is 2.25. The van der Waals surface area contributed by atoms with Gasteiger partial charge < -0.3 is 5.32 Å². The van der Waals surface area contributed by atoms with Gasteiger partial charge >= 0.3 is 0 Å². The first kappa shape index (κ1) is 11.1. The minimum atomic E-state index is 0.517. The standard InChI is InChI=1S/C14H21N3/c1-9(2)13-11-6-7-15-8-12(11)16-14(17-13)10-4-3-5-10/h9-10,15H,3-8H2,1-2H3. The van der Waals surface area contributed by atoms with Crippen LogP contribution in [0.25, 0.3) is 0 Å². The summed E-state index contributed by atoms with van der Waals surface area (Å²) in [4.78, 5) is 9.67. The number of hydrogen-bond donors (Lipinski definition) is 1. The lowest BCUT2D eigenvalue weighted by Crippen LogP contribution is -2.28. The molecule has 0 unspecified atom stereocenters. The number of fused-ring (bicyclic) bond motifs is 1. The van der Waals surface area contributed by atoms with E-state index in [2.05, 4.69) is 19.2 Å².